The lowest BCUT2D eigenvalue weighted by Gasteiger charge is -2.15. The van der Waals surface area contributed by atoms with E-state index >= 15 is 0 Å². The number of aromatic nitrogens is 3. The first-order valence-electron chi connectivity index (χ1n) is 9.95. The minimum atomic E-state index is -0.314. The highest BCUT2D eigenvalue weighted by Crippen LogP contribution is 2.21. The van der Waals surface area contributed by atoms with Crippen LogP contribution in [-0.2, 0) is 17.8 Å². The van der Waals surface area contributed by atoms with Crippen molar-refractivity contribution >= 4 is 17.7 Å². The van der Waals surface area contributed by atoms with E-state index in [1.807, 2.05) is 37.3 Å². The maximum absolute atomic E-state index is 12.4. The summed E-state index contributed by atoms with van der Waals surface area (Å²) < 4.78 is 1.61. The van der Waals surface area contributed by atoms with Crippen LogP contribution >= 0.6 is 11.8 Å². The minimum Gasteiger partial charge on any atom is -0.355 e. The van der Waals surface area contributed by atoms with Crippen LogP contribution in [0.15, 0.2) is 51.9 Å². The molecular weight excluding hydrogens is 372 g/mol. The molecule has 28 heavy (non-hydrogen) atoms. The van der Waals surface area contributed by atoms with Crippen LogP contribution in [0.5, 0.6) is 0 Å². The molecule has 2 N–H and O–H groups in total. The van der Waals surface area contributed by atoms with Crippen LogP contribution < -0.4 is 11.0 Å². The lowest BCUT2D eigenvalue weighted by atomic mass is 9.97. The average molecular weight is 401 g/mol. The van der Waals surface area contributed by atoms with Crippen molar-refractivity contribution in [2.75, 3.05) is 6.54 Å². The number of amides is 1. The van der Waals surface area contributed by atoms with E-state index in [-0.39, 0.29) is 16.8 Å². The Morgan fingerprint density at radius 2 is 2.11 bits per heavy atom. The van der Waals surface area contributed by atoms with Gasteiger partial charge in [-0.1, -0.05) is 53.7 Å². The number of aromatic amines is 1. The Labute approximate surface area is 169 Å². The number of H-pyrrole nitrogens is 1. The van der Waals surface area contributed by atoms with Gasteiger partial charge >= 0.3 is 5.69 Å². The summed E-state index contributed by atoms with van der Waals surface area (Å²) in [6.45, 7) is 3.04. The highest BCUT2D eigenvalue weighted by atomic mass is 32.2. The molecule has 150 valence electrons. The molecule has 0 bridgehead atoms. The second-order valence-electron chi connectivity index (χ2n) is 7.11. The number of allylic oxidation sites excluding steroid dienone is 1. The fraction of sp³-hybridized carbons (Fsp3) is 0.476. The van der Waals surface area contributed by atoms with Gasteiger partial charge < -0.3 is 5.32 Å². The molecule has 0 radical (unpaired) electrons. The Morgan fingerprint density at radius 1 is 1.29 bits per heavy atom. The standard InChI is InChI=1S/C21H28N4O2S/c1-16(19(26)22-14-12-17-8-4-2-5-9-17)28-21-24-23-20(27)25(21)15-13-18-10-6-3-7-11-18/h3,6-8,10-11,16H,2,4-5,9,12-15H2,1H3,(H,22,26)(H,23,27). The minimum absolute atomic E-state index is 0.0218. The lowest BCUT2D eigenvalue weighted by molar-refractivity contribution is -0.120. The summed E-state index contributed by atoms with van der Waals surface area (Å²) in [7, 11) is 0. The maximum Gasteiger partial charge on any atom is 0.343 e. The Morgan fingerprint density at radius 3 is 2.86 bits per heavy atom. The number of nitrogens with zero attached hydrogens (tertiary/aromatic N) is 2. The molecule has 1 aromatic carbocycles. The first-order chi connectivity index (χ1) is 13.6. The number of benzene rings is 1. The van der Waals surface area contributed by atoms with Crippen molar-refractivity contribution in [2.45, 2.75) is 62.4 Å². The van der Waals surface area contributed by atoms with Crippen molar-refractivity contribution < 1.29 is 4.79 Å². The fourth-order valence-electron chi connectivity index (χ4n) is 3.31. The summed E-state index contributed by atoms with van der Waals surface area (Å²) in [5.74, 6) is -0.0218. The Kier molecular flexibility index (Phi) is 7.54. The van der Waals surface area contributed by atoms with E-state index in [1.54, 1.807) is 4.57 Å². The second kappa shape index (κ2) is 10.3. The largest absolute Gasteiger partial charge is 0.355 e. The number of nitrogens with one attached hydrogen (secondary N) is 2. The van der Waals surface area contributed by atoms with Crippen LogP contribution in [0, 0.1) is 0 Å². The molecule has 1 aliphatic rings. The Bertz CT molecular complexity index is 857. The molecule has 0 spiro atoms. The highest BCUT2D eigenvalue weighted by Gasteiger charge is 2.19. The summed E-state index contributed by atoms with van der Waals surface area (Å²) in [4.78, 5) is 24.5. The topological polar surface area (TPSA) is 79.8 Å². The first kappa shape index (κ1) is 20.5. The van der Waals surface area contributed by atoms with Crippen LogP contribution in [-0.4, -0.2) is 32.5 Å². The van der Waals surface area contributed by atoms with E-state index in [0.717, 1.165) is 31.2 Å². The number of hydrogen-bond acceptors (Lipinski definition) is 4. The third-order valence-corrected chi connectivity index (χ3v) is 6.06. The van der Waals surface area contributed by atoms with Gasteiger partial charge in [0, 0.05) is 13.1 Å². The number of carbonyl (C=O) groups excluding carboxylic acids is 1. The van der Waals surface area contributed by atoms with Crippen LogP contribution in [0.2, 0.25) is 0 Å². The molecule has 0 fully saturated rings. The van der Waals surface area contributed by atoms with Gasteiger partial charge in [-0.25, -0.2) is 9.89 Å². The molecule has 1 heterocycles. The zero-order chi connectivity index (χ0) is 19.8. The molecule has 1 aromatic heterocycles. The Hall–Kier alpha value is -2.28. The van der Waals surface area contributed by atoms with E-state index in [4.69, 9.17) is 0 Å². The van der Waals surface area contributed by atoms with Crippen LogP contribution in [0.3, 0.4) is 0 Å². The SMILES string of the molecule is CC(Sc1n[nH]c(=O)n1CCc1ccccc1)C(=O)NCCC1=CCCCC1. The quantitative estimate of drug-likeness (QED) is 0.500. The smallest absolute Gasteiger partial charge is 0.343 e. The number of thioether (sulfide) groups is 1. The van der Waals surface area contributed by atoms with Crippen molar-refractivity contribution in [2.24, 2.45) is 0 Å². The van der Waals surface area contributed by atoms with E-state index in [1.165, 1.54) is 30.2 Å². The Balaban J connectivity index is 1.50. The molecule has 7 heteroatoms. The van der Waals surface area contributed by atoms with Gasteiger partial charge in [-0.15, -0.1) is 5.10 Å². The predicted molar refractivity (Wildman–Crippen MR) is 112 cm³/mol. The molecule has 0 saturated carbocycles. The second-order valence-corrected chi connectivity index (χ2v) is 8.42. The van der Waals surface area contributed by atoms with Crippen molar-refractivity contribution in [3.8, 4) is 0 Å². The van der Waals surface area contributed by atoms with Crippen molar-refractivity contribution in [3.63, 3.8) is 0 Å². The zero-order valence-electron chi connectivity index (χ0n) is 16.3. The molecule has 1 atom stereocenters. The van der Waals surface area contributed by atoms with Crippen molar-refractivity contribution in [3.05, 3.63) is 58.0 Å². The van der Waals surface area contributed by atoms with E-state index in [0.29, 0.717) is 18.2 Å². The lowest BCUT2D eigenvalue weighted by Crippen LogP contribution is -2.32. The normalized spacial score (nSPS) is 15.1. The van der Waals surface area contributed by atoms with Gasteiger partial charge in [-0.2, -0.15) is 0 Å². The zero-order valence-corrected chi connectivity index (χ0v) is 17.1. The molecule has 1 unspecified atom stereocenters. The number of aryl methyl sites for hydroxylation is 1. The van der Waals surface area contributed by atoms with Gasteiger partial charge in [0.25, 0.3) is 0 Å². The number of rotatable bonds is 9. The van der Waals surface area contributed by atoms with Gasteiger partial charge in [0.05, 0.1) is 5.25 Å². The van der Waals surface area contributed by atoms with Gasteiger partial charge in [-0.05, 0) is 51.0 Å². The van der Waals surface area contributed by atoms with Gasteiger partial charge in [-0.3, -0.25) is 9.36 Å². The molecule has 0 aliphatic heterocycles. The molecule has 6 nitrogen and oxygen atoms in total. The summed E-state index contributed by atoms with van der Waals surface area (Å²) in [6, 6.07) is 10.0. The van der Waals surface area contributed by atoms with Crippen molar-refractivity contribution in [1.82, 2.24) is 20.1 Å². The van der Waals surface area contributed by atoms with Crippen LogP contribution in [0.1, 0.15) is 44.6 Å². The average Bonchev–Trinajstić information content (AvgIpc) is 3.07. The van der Waals surface area contributed by atoms with Gasteiger partial charge in [0.1, 0.15) is 0 Å². The first-order valence-corrected chi connectivity index (χ1v) is 10.8. The van der Waals surface area contributed by atoms with E-state index < -0.39 is 0 Å². The number of hydrogen-bond donors (Lipinski definition) is 2. The van der Waals surface area contributed by atoms with Crippen LogP contribution in [0.25, 0.3) is 0 Å². The molecule has 3 rings (SSSR count). The van der Waals surface area contributed by atoms with Gasteiger partial charge in [0.15, 0.2) is 5.16 Å². The monoisotopic (exact) mass is 400 g/mol. The summed E-state index contributed by atoms with van der Waals surface area (Å²) in [5, 5.41) is 9.85. The molecule has 0 saturated heterocycles. The third-order valence-electron chi connectivity index (χ3n) is 4.97. The molecule has 1 amide bonds. The molecule has 1 aliphatic carbocycles. The summed E-state index contributed by atoms with van der Waals surface area (Å²) in [5.41, 5.74) is 2.37. The van der Waals surface area contributed by atoms with E-state index in [2.05, 4.69) is 21.6 Å². The summed E-state index contributed by atoms with van der Waals surface area (Å²) in [6.07, 6.45) is 8.82. The van der Waals surface area contributed by atoms with Crippen LogP contribution in [0.4, 0.5) is 0 Å². The van der Waals surface area contributed by atoms with E-state index in [9.17, 15) is 9.59 Å². The number of carbonyl (C=O) groups is 1. The summed E-state index contributed by atoms with van der Waals surface area (Å²) >= 11 is 1.31. The molecular formula is C21H28N4O2S. The fourth-order valence-corrected chi connectivity index (χ4v) is 4.22. The maximum atomic E-state index is 12.4. The highest BCUT2D eigenvalue weighted by molar-refractivity contribution is 8.00. The third kappa shape index (κ3) is 5.86. The predicted octanol–water partition coefficient (Wildman–Crippen LogP) is 3.30. The van der Waals surface area contributed by atoms with Crippen molar-refractivity contribution in [1.29, 1.82) is 0 Å². The molecule has 2 aromatic rings. The van der Waals surface area contributed by atoms with Gasteiger partial charge in [0.2, 0.25) is 5.91 Å².